The molecular formula is C20H12F2N4O. The zero-order chi connectivity index (χ0) is 18.7. The van der Waals surface area contributed by atoms with Gasteiger partial charge in [-0.3, -0.25) is 4.79 Å². The molecule has 2 aliphatic rings. The van der Waals surface area contributed by atoms with Crippen molar-refractivity contribution in [2.24, 2.45) is 0 Å². The number of nitrogen functional groups attached to an aromatic ring is 1. The minimum Gasteiger partial charge on any atom is -0.397 e. The summed E-state index contributed by atoms with van der Waals surface area (Å²) < 4.78 is 28.9. The highest BCUT2D eigenvalue weighted by Gasteiger charge is 2.34. The van der Waals surface area contributed by atoms with Gasteiger partial charge in [-0.15, -0.1) is 0 Å². The number of nitrogens with two attached hydrogens (primary N) is 1. The molecule has 5 rings (SSSR count). The van der Waals surface area contributed by atoms with Crippen LogP contribution in [0.25, 0.3) is 22.0 Å². The van der Waals surface area contributed by atoms with Crippen LogP contribution >= 0.6 is 0 Å². The highest BCUT2D eigenvalue weighted by Crippen LogP contribution is 2.39. The van der Waals surface area contributed by atoms with Gasteiger partial charge in [0.05, 0.1) is 29.0 Å². The number of rotatable bonds is 2. The maximum Gasteiger partial charge on any atom is 0.262 e. The molecule has 0 unspecified atom stereocenters. The van der Waals surface area contributed by atoms with Crippen LogP contribution in [0, 0.1) is 11.8 Å². The van der Waals surface area contributed by atoms with E-state index in [0.717, 1.165) is 5.70 Å². The number of allylic oxidation sites excluding steroid dienone is 3. The van der Waals surface area contributed by atoms with Crippen molar-refractivity contribution in [1.82, 2.24) is 14.9 Å². The molecule has 0 bridgehead atoms. The van der Waals surface area contributed by atoms with Crippen molar-refractivity contribution in [2.45, 2.75) is 6.54 Å². The van der Waals surface area contributed by atoms with Crippen LogP contribution in [0.2, 0.25) is 0 Å². The summed E-state index contributed by atoms with van der Waals surface area (Å²) in [4.78, 5) is 22.4. The molecule has 0 radical (unpaired) electrons. The molecule has 5 nitrogen and oxygen atoms in total. The minimum absolute atomic E-state index is 0.00161. The first-order valence-electron chi connectivity index (χ1n) is 8.28. The molecule has 7 heteroatoms. The first-order chi connectivity index (χ1) is 13.1. The van der Waals surface area contributed by atoms with Gasteiger partial charge in [0.2, 0.25) is 5.95 Å². The molecule has 0 saturated carbocycles. The fourth-order valence-corrected chi connectivity index (χ4v) is 3.49. The predicted molar refractivity (Wildman–Crippen MR) is 96.4 cm³/mol. The number of fused-ring (bicyclic) bond motifs is 2. The average molecular weight is 362 g/mol. The molecular weight excluding hydrogens is 350 g/mol. The van der Waals surface area contributed by atoms with E-state index in [1.807, 2.05) is 18.2 Å². The second-order valence-corrected chi connectivity index (χ2v) is 6.35. The number of benzene rings is 1. The van der Waals surface area contributed by atoms with Crippen molar-refractivity contribution in [1.29, 1.82) is 0 Å². The molecule has 2 N–H and O–H groups in total. The predicted octanol–water partition coefficient (Wildman–Crippen LogP) is 3.57. The van der Waals surface area contributed by atoms with Crippen LogP contribution in [0.15, 0.2) is 54.4 Å². The number of carbonyl (C=O) groups is 1. The standard InChI is InChI=1S/C20H12F2N4O/c21-13-7-6-12-17(23)16-14(9-26(20(16)27)10-3-1-4-10)25-18(12)15(13)11-5-2-8-24-19(11)22/h1-8H,9H2,(H2,23,25). The number of halogens is 2. The van der Waals surface area contributed by atoms with Crippen molar-refractivity contribution in [2.75, 3.05) is 5.73 Å². The Balaban J connectivity index is 1.79. The summed E-state index contributed by atoms with van der Waals surface area (Å²) in [7, 11) is 0. The number of nitrogens with zero attached hydrogens (tertiary/aromatic N) is 3. The molecule has 1 amide bonds. The Labute approximate surface area is 152 Å². The van der Waals surface area contributed by atoms with Gasteiger partial charge >= 0.3 is 0 Å². The van der Waals surface area contributed by atoms with Gasteiger partial charge in [-0.1, -0.05) is 6.08 Å². The average Bonchev–Trinajstić information content (AvgIpc) is 2.91. The topological polar surface area (TPSA) is 72.1 Å². The molecule has 3 aromatic rings. The van der Waals surface area contributed by atoms with Gasteiger partial charge in [0, 0.05) is 28.4 Å². The van der Waals surface area contributed by atoms with Crippen molar-refractivity contribution in [3.8, 4) is 11.1 Å². The van der Waals surface area contributed by atoms with Crippen LogP contribution in [-0.4, -0.2) is 20.8 Å². The SMILES string of the molecule is Nc1c2c(nc3c(-c4cccnc4F)c(F)ccc13)CN(C1=CC=C1)C2=O. The van der Waals surface area contributed by atoms with E-state index < -0.39 is 11.8 Å². The first kappa shape index (κ1) is 15.6. The van der Waals surface area contributed by atoms with E-state index in [4.69, 9.17) is 5.73 Å². The second kappa shape index (κ2) is 5.44. The van der Waals surface area contributed by atoms with Gasteiger partial charge < -0.3 is 10.6 Å². The van der Waals surface area contributed by atoms with Crippen molar-refractivity contribution in [3.05, 3.63) is 77.4 Å². The van der Waals surface area contributed by atoms with Gasteiger partial charge in [-0.05, 0) is 36.4 Å². The Bertz CT molecular complexity index is 1220. The molecule has 1 aromatic carbocycles. The van der Waals surface area contributed by atoms with E-state index in [-0.39, 0.29) is 34.8 Å². The van der Waals surface area contributed by atoms with Gasteiger partial charge in [0.15, 0.2) is 0 Å². The third-order valence-corrected chi connectivity index (χ3v) is 4.86. The summed E-state index contributed by atoms with van der Waals surface area (Å²) in [6.45, 7) is 0.232. The number of carbonyl (C=O) groups excluding carboxylic acids is 1. The van der Waals surface area contributed by atoms with Crippen LogP contribution in [-0.2, 0) is 6.54 Å². The molecule has 0 spiro atoms. The number of anilines is 1. The molecule has 0 saturated heterocycles. The molecule has 3 heterocycles. The molecule has 0 fully saturated rings. The Morgan fingerprint density at radius 3 is 2.67 bits per heavy atom. The molecule has 27 heavy (non-hydrogen) atoms. The van der Waals surface area contributed by atoms with Crippen molar-refractivity contribution >= 4 is 22.5 Å². The quantitative estimate of drug-likeness (QED) is 0.708. The monoisotopic (exact) mass is 362 g/mol. The maximum absolute atomic E-state index is 14.6. The minimum atomic E-state index is -0.799. The summed E-state index contributed by atoms with van der Waals surface area (Å²) in [6.07, 6.45) is 6.75. The highest BCUT2D eigenvalue weighted by atomic mass is 19.1. The van der Waals surface area contributed by atoms with Crippen LogP contribution in [0.3, 0.4) is 0 Å². The highest BCUT2D eigenvalue weighted by molar-refractivity contribution is 6.12. The normalized spacial score (nSPS) is 15.1. The van der Waals surface area contributed by atoms with E-state index >= 15 is 0 Å². The number of pyridine rings is 2. The lowest BCUT2D eigenvalue weighted by Gasteiger charge is -2.19. The Morgan fingerprint density at radius 2 is 1.96 bits per heavy atom. The van der Waals surface area contributed by atoms with E-state index in [0.29, 0.717) is 16.6 Å². The first-order valence-corrected chi connectivity index (χ1v) is 8.28. The second-order valence-electron chi connectivity index (χ2n) is 6.35. The van der Waals surface area contributed by atoms with E-state index in [1.54, 1.807) is 4.90 Å². The number of amides is 1. The lowest BCUT2D eigenvalue weighted by Crippen LogP contribution is -2.24. The third kappa shape index (κ3) is 2.11. The maximum atomic E-state index is 14.6. The lowest BCUT2D eigenvalue weighted by atomic mass is 9.99. The van der Waals surface area contributed by atoms with E-state index in [1.165, 1.54) is 30.5 Å². The zero-order valence-electron chi connectivity index (χ0n) is 13.9. The summed E-state index contributed by atoms with van der Waals surface area (Å²) in [5, 5.41) is 0.404. The molecule has 1 aliphatic carbocycles. The summed E-state index contributed by atoms with van der Waals surface area (Å²) in [5.74, 6) is -1.68. The number of hydrogen-bond donors (Lipinski definition) is 1. The van der Waals surface area contributed by atoms with Gasteiger partial charge in [-0.2, -0.15) is 4.39 Å². The van der Waals surface area contributed by atoms with E-state index in [2.05, 4.69) is 9.97 Å². The van der Waals surface area contributed by atoms with Gasteiger partial charge in [-0.25, -0.2) is 14.4 Å². The Kier molecular flexibility index (Phi) is 3.15. The van der Waals surface area contributed by atoms with Crippen LogP contribution in [0.5, 0.6) is 0 Å². The van der Waals surface area contributed by atoms with E-state index in [9.17, 15) is 13.6 Å². The lowest BCUT2D eigenvalue weighted by molar-refractivity contribution is 0.0831. The molecule has 132 valence electrons. The van der Waals surface area contributed by atoms with Gasteiger partial charge in [0.25, 0.3) is 5.91 Å². The molecule has 2 aromatic heterocycles. The Hall–Kier alpha value is -3.61. The zero-order valence-corrected chi connectivity index (χ0v) is 13.9. The Morgan fingerprint density at radius 1 is 1.15 bits per heavy atom. The molecule has 1 aliphatic heterocycles. The summed E-state index contributed by atoms with van der Waals surface area (Å²) in [6, 6.07) is 5.62. The molecule has 0 atom stereocenters. The van der Waals surface area contributed by atoms with Crippen LogP contribution in [0.4, 0.5) is 14.5 Å². The fourth-order valence-electron chi connectivity index (χ4n) is 3.49. The van der Waals surface area contributed by atoms with Crippen molar-refractivity contribution in [3.63, 3.8) is 0 Å². The largest absolute Gasteiger partial charge is 0.397 e. The van der Waals surface area contributed by atoms with Crippen molar-refractivity contribution < 1.29 is 13.6 Å². The number of aromatic nitrogens is 2. The van der Waals surface area contributed by atoms with Gasteiger partial charge in [0.1, 0.15) is 5.82 Å². The fraction of sp³-hybridized carbons (Fsp3) is 0.0500. The van der Waals surface area contributed by atoms with Crippen LogP contribution < -0.4 is 5.73 Å². The summed E-state index contributed by atoms with van der Waals surface area (Å²) in [5.41, 5.74) is 8.21. The smallest absolute Gasteiger partial charge is 0.262 e. The third-order valence-electron chi connectivity index (χ3n) is 4.86. The summed E-state index contributed by atoms with van der Waals surface area (Å²) >= 11 is 0. The number of hydrogen-bond acceptors (Lipinski definition) is 4. The van der Waals surface area contributed by atoms with Crippen LogP contribution in [0.1, 0.15) is 16.1 Å².